The molecular weight excluding hydrogens is 283 g/mol. The van der Waals surface area contributed by atoms with Crippen LogP contribution in [0, 0.1) is 9.62 Å². The number of nitrogens with zero attached hydrogens (tertiary/aromatic N) is 2. The summed E-state index contributed by atoms with van der Waals surface area (Å²) in [6, 6.07) is 0. The molecule has 0 aliphatic rings. The van der Waals surface area contributed by atoms with Gasteiger partial charge < -0.3 is 5.11 Å². The van der Waals surface area contributed by atoms with Crippen molar-refractivity contribution in [1.82, 2.24) is 9.78 Å². The third kappa shape index (κ3) is 2.43. The molecule has 0 saturated heterocycles. The van der Waals surface area contributed by atoms with Gasteiger partial charge in [0.05, 0.1) is 6.20 Å². The van der Waals surface area contributed by atoms with Crippen LogP contribution in [0.1, 0.15) is 24.2 Å². The van der Waals surface area contributed by atoms with Gasteiger partial charge in [-0.25, -0.2) is 4.79 Å². The largest absolute Gasteiger partial charge is 0.478 e. The van der Waals surface area contributed by atoms with E-state index in [-0.39, 0.29) is 5.56 Å². The Hall–Kier alpha value is -0.590. The Kier molecular flexibility index (Phi) is 3.29. The van der Waals surface area contributed by atoms with Crippen molar-refractivity contribution in [3.63, 3.8) is 0 Å². The van der Waals surface area contributed by atoms with Crippen LogP contribution in [0.25, 0.3) is 0 Å². The fourth-order valence-electron chi connectivity index (χ4n) is 0.987. The highest BCUT2D eigenvalue weighted by Crippen LogP contribution is 2.13. The summed E-state index contributed by atoms with van der Waals surface area (Å²) >= 11 is 2.00. The predicted molar refractivity (Wildman–Crippen MR) is 56.7 cm³/mol. The molecule has 72 valence electrons. The summed E-state index contributed by atoms with van der Waals surface area (Å²) in [5.41, 5.74) is 0.279. The molecule has 4 nitrogen and oxygen atoms in total. The topological polar surface area (TPSA) is 55.1 Å². The van der Waals surface area contributed by atoms with Gasteiger partial charge in [0.2, 0.25) is 0 Å². The van der Waals surface area contributed by atoms with Crippen LogP contribution in [0.4, 0.5) is 0 Å². The van der Waals surface area contributed by atoms with Crippen LogP contribution in [-0.2, 0) is 6.54 Å². The van der Waals surface area contributed by atoms with Crippen molar-refractivity contribution in [2.75, 3.05) is 0 Å². The molecule has 5 heteroatoms. The zero-order valence-corrected chi connectivity index (χ0v) is 9.65. The molecule has 13 heavy (non-hydrogen) atoms. The first-order valence-electron chi connectivity index (χ1n) is 3.97. The minimum atomic E-state index is -0.917. The molecule has 0 radical (unpaired) electrons. The highest BCUT2D eigenvalue weighted by molar-refractivity contribution is 14.1. The summed E-state index contributed by atoms with van der Waals surface area (Å²) in [6.45, 7) is 4.89. The lowest BCUT2D eigenvalue weighted by Gasteiger charge is -2.05. The Morgan fingerprint density at radius 2 is 2.38 bits per heavy atom. The van der Waals surface area contributed by atoms with Crippen LogP contribution < -0.4 is 0 Å². The number of carboxylic acid groups (broad SMARTS) is 1. The lowest BCUT2D eigenvalue weighted by molar-refractivity contribution is 0.0695. The van der Waals surface area contributed by atoms with E-state index in [0.29, 0.717) is 9.62 Å². The second-order valence-electron chi connectivity index (χ2n) is 3.23. The molecule has 0 amide bonds. The number of halogens is 1. The summed E-state index contributed by atoms with van der Waals surface area (Å²) < 4.78 is 2.41. The highest BCUT2D eigenvalue weighted by atomic mass is 127. The first kappa shape index (κ1) is 10.5. The van der Waals surface area contributed by atoms with E-state index in [0.717, 1.165) is 6.54 Å². The Labute approximate surface area is 90.1 Å². The fourth-order valence-corrected chi connectivity index (χ4v) is 1.68. The van der Waals surface area contributed by atoms with Crippen LogP contribution in [0.3, 0.4) is 0 Å². The molecule has 0 spiro atoms. The van der Waals surface area contributed by atoms with Gasteiger partial charge in [-0.05, 0) is 28.5 Å². The third-order valence-corrected chi connectivity index (χ3v) is 2.68. The van der Waals surface area contributed by atoms with E-state index < -0.39 is 5.97 Å². The number of hydrogen-bond donors (Lipinski definition) is 1. The standard InChI is InChI=1S/C8H11IN2O2/c1-5(2)4-11-7(9)6(3-10-11)8(12)13/h3,5H,4H2,1-2H3,(H,12,13). The van der Waals surface area contributed by atoms with E-state index in [1.54, 1.807) is 4.68 Å². The molecule has 0 aliphatic heterocycles. The lowest BCUT2D eigenvalue weighted by atomic mass is 10.2. The quantitative estimate of drug-likeness (QED) is 0.865. The van der Waals surface area contributed by atoms with E-state index in [1.165, 1.54) is 6.20 Å². The minimum Gasteiger partial charge on any atom is -0.478 e. The van der Waals surface area contributed by atoms with Gasteiger partial charge in [-0.2, -0.15) is 5.10 Å². The summed E-state index contributed by atoms with van der Waals surface area (Å²) in [7, 11) is 0. The second kappa shape index (κ2) is 4.08. The molecule has 0 aromatic carbocycles. The van der Waals surface area contributed by atoms with Crippen LogP contribution in [0.15, 0.2) is 6.20 Å². The molecule has 0 bridgehead atoms. The molecule has 0 fully saturated rings. The van der Waals surface area contributed by atoms with Crippen LogP contribution >= 0.6 is 22.6 Å². The maximum atomic E-state index is 10.7. The molecule has 1 rings (SSSR count). The van der Waals surface area contributed by atoms with Gasteiger partial charge in [-0.1, -0.05) is 13.8 Å². The van der Waals surface area contributed by atoms with Crippen molar-refractivity contribution in [3.05, 3.63) is 15.5 Å². The zero-order valence-electron chi connectivity index (χ0n) is 7.49. The van der Waals surface area contributed by atoms with E-state index >= 15 is 0 Å². The van der Waals surface area contributed by atoms with Crippen molar-refractivity contribution in [2.45, 2.75) is 20.4 Å². The van der Waals surface area contributed by atoms with Gasteiger partial charge >= 0.3 is 5.97 Å². The van der Waals surface area contributed by atoms with Gasteiger partial charge in [0, 0.05) is 6.54 Å². The first-order valence-corrected chi connectivity index (χ1v) is 5.05. The number of carbonyl (C=O) groups is 1. The van der Waals surface area contributed by atoms with Gasteiger partial charge in [0.15, 0.2) is 0 Å². The normalized spacial score (nSPS) is 10.8. The van der Waals surface area contributed by atoms with Gasteiger partial charge in [-0.15, -0.1) is 0 Å². The Morgan fingerprint density at radius 3 is 2.77 bits per heavy atom. The molecule has 0 atom stereocenters. The van der Waals surface area contributed by atoms with Crippen molar-refractivity contribution >= 4 is 28.6 Å². The van der Waals surface area contributed by atoms with Crippen LogP contribution in [0.2, 0.25) is 0 Å². The fraction of sp³-hybridized carbons (Fsp3) is 0.500. The summed E-state index contributed by atoms with van der Waals surface area (Å²) in [5.74, 6) is -0.450. The zero-order chi connectivity index (χ0) is 10.0. The maximum absolute atomic E-state index is 10.7. The molecule has 1 aromatic rings. The monoisotopic (exact) mass is 294 g/mol. The summed E-state index contributed by atoms with van der Waals surface area (Å²) in [5, 5.41) is 12.8. The van der Waals surface area contributed by atoms with Gasteiger partial charge in [0.1, 0.15) is 9.26 Å². The predicted octanol–water partition coefficient (Wildman–Crippen LogP) is 1.84. The summed E-state index contributed by atoms with van der Waals surface area (Å²) in [4.78, 5) is 10.7. The average molecular weight is 294 g/mol. The molecule has 0 saturated carbocycles. The SMILES string of the molecule is CC(C)Cn1ncc(C(=O)O)c1I. The van der Waals surface area contributed by atoms with Crippen molar-refractivity contribution in [3.8, 4) is 0 Å². The summed E-state index contributed by atoms with van der Waals surface area (Å²) in [6.07, 6.45) is 1.40. The highest BCUT2D eigenvalue weighted by Gasteiger charge is 2.14. The molecule has 0 aliphatic carbocycles. The lowest BCUT2D eigenvalue weighted by Crippen LogP contribution is -2.09. The second-order valence-corrected chi connectivity index (χ2v) is 4.25. The van der Waals surface area contributed by atoms with Gasteiger partial charge in [0.25, 0.3) is 0 Å². The Morgan fingerprint density at radius 1 is 1.77 bits per heavy atom. The number of rotatable bonds is 3. The van der Waals surface area contributed by atoms with E-state index in [4.69, 9.17) is 5.11 Å². The number of aromatic carboxylic acids is 1. The Bertz CT molecular complexity index is 320. The van der Waals surface area contributed by atoms with E-state index in [2.05, 4.69) is 18.9 Å². The Balaban J connectivity index is 2.93. The molecule has 0 unspecified atom stereocenters. The van der Waals surface area contributed by atoms with E-state index in [9.17, 15) is 4.79 Å². The van der Waals surface area contributed by atoms with Crippen LogP contribution in [-0.4, -0.2) is 20.9 Å². The third-order valence-electron chi connectivity index (χ3n) is 1.54. The molecule has 1 heterocycles. The smallest absolute Gasteiger partial charge is 0.340 e. The van der Waals surface area contributed by atoms with Crippen molar-refractivity contribution < 1.29 is 9.90 Å². The first-order chi connectivity index (χ1) is 6.02. The maximum Gasteiger partial charge on any atom is 0.340 e. The number of carboxylic acids is 1. The van der Waals surface area contributed by atoms with Gasteiger partial charge in [-0.3, -0.25) is 4.68 Å². The van der Waals surface area contributed by atoms with E-state index in [1.807, 2.05) is 22.6 Å². The molecule has 1 aromatic heterocycles. The number of hydrogen-bond acceptors (Lipinski definition) is 2. The average Bonchev–Trinajstić information content (AvgIpc) is 2.32. The number of aromatic nitrogens is 2. The van der Waals surface area contributed by atoms with Crippen molar-refractivity contribution in [2.24, 2.45) is 5.92 Å². The van der Waals surface area contributed by atoms with Crippen LogP contribution in [0.5, 0.6) is 0 Å². The van der Waals surface area contributed by atoms with Crippen molar-refractivity contribution in [1.29, 1.82) is 0 Å². The molecule has 1 N–H and O–H groups in total. The minimum absolute atomic E-state index is 0.279. The molecular formula is C8H11IN2O2.